The van der Waals surface area contributed by atoms with Gasteiger partial charge in [0, 0.05) is 31.3 Å². The van der Waals surface area contributed by atoms with Crippen LogP contribution in [-0.4, -0.2) is 22.0 Å². The monoisotopic (exact) mass is 334 g/mol. The second kappa shape index (κ2) is 6.72. The van der Waals surface area contributed by atoms with Gasteiger partial charge in [0.2, 0.25) is 11.9 Å². The molecule has 2 aromatic rings. The number of nitrogens with zero attached hydrogens (tertiary/aromatic N) is 4. The number of hydrogen-bond acceptors (Lipinski definition) is 3. The summed E-state index contributed by atoms with van der Waals surface area (Å²) in [6.45, 7) is 1.63. The fourth-order valence-electron chi connectivity index (χ4n) is 3.98. The average molecular weight is 334 g/mol. The highest BCUT2D eigenvalue weighted by atomic mass is 16.2. The molecule has 0 radical (unpaired) electrons. The summed E-state index contributed by atoms with van der Waals surface area (Å²) in [5.41, 5.74) is 2.37. The molecule has 2 heterocycles. The maximum Gasteiger partial charge on any atom is 0.229 e. The summed E-state index contributed by atoms with van der Waals surface area (Å²) in [6, 6.07) is 9.63. The molecule has 0 spiro atoms. The van der Waals surface area contributed by atoms with Crippen LogP contribution in [-0.2, 0) is 11.3 Å². The van der Waals surface area contributed by atoms with E-state index in [1.54, 1.807) is 6.07 Å². The van der Waals surface area contributed by atoms with Crippen molar-refractivity contribution in [2.45, 2.75) is 45.1 Å². The Hall–Kier alpha value is -2.61. The molecule has 1 aromatic carbocycles. The quantitative estimate of drug-likeness (QED) is 0.859. The van der Waals surface area contributed by atoms with Gasteiger partial charge in [-0.1, -0.05) is 25.0 Å². The van der Waals surface area contributed by atoms with Gasteiger partial charge in [0.05, 0.1) is 17.3 Å². The first-order valence-electron chi connectivity index (χ1n) is 9.12. The van der Waals surface area contributed by atoms with Crippen molar-refractivity contribution >= 4 is 11.9 Å². The molecule has 0 unspecified atom stereocenters. The van der Waals surface area contributed by atoms with Crippen molar-refractivity contribution in [3.05, 3.63) is 36.0 Å². The van der Waals surface area contributed by atoms with E-state index in [2.05, 4.69) is 10.6 Å². The highest BCUT2D eigenvalue weighted by molar-refractivity contribution is 5.92. The van der Waals surface area contributed by atoms with E-state index in [0.717, 1.165) is 36.7 Å². The van der Waals surface area contributed by atoms with Gasteiger partial charge in [-0.05, 0) is 37.3 Å². The Morgan fingerprint density at radius 3 is 2.88 bits per heavy atom. The molecule has 1 aromatic heterocycles. The van der Waals surface area contributed by atoms with Crippen molar-refractivity contribution in [1.29, 1.82) is 5.26 Å². The average Bonchev–Trinajstić information content (AvgIpc) is 3.30. The number of rotatable bonds is 3. The molecule has 0 atom stereocenters. The number of nitriles is 1. The van der Waals surface area contributed by atoms with Crippen LogP contribution in [0, 0.1) is 17.2 Å². The summed E-state index contributed by atoms with van der Waals surface area (Å²) < 4.78 is 2.07. The third kappa shape index (κ3) is 3.17. The van der Waals surface area contributed by atoms with Crippen LogP contribution in [0.3, 0.4) is 0 Å². The molecule has 1 amide bonds. The van der Waals surface area contributed by atoms with Crippen molar-refractivity contribution in [1.82, 2.24) is 9.55 Å². The fourth-order valence-corrected chi connectivity index (χ4v) is 3.98. The molecule has 5 nitrogen and oxygen atoms in total. The van der Waals surface area contributed by atoms with E-state index in [0.29, 0.717) is 17.9 Å². The largest absolute Gasteiger partial charge is 0.316 e. The summed E-state index contributed by atoms with van der Waals surface area (Å²) in [6.07, 6.45) is 8.47. The molecule has 4 rings (SSSR count). The van der Waals surface area contributed by atoms with Gasteiger partial charge in [-0.3, -0.25) is 9.69 Å². The lowest BCUT2D eigenvalue weighted by molar-refractivity contribution is -0.119. The Balaban J connectivity index is 1.60. The lowest BCUT2D eigenvalue weighted by atomic mass is 10.0. The van der Waals surface area contributed by atoms with E-state index in [-0.39, 0.29) is 5.91 Å². The highest BCUT2D eigenvalue weighted by Crippen LogP contribution is 2.31. The van der Waals surface area contributed by atoms with Gasteiger partial charge >= 0.3 is 0 Å². The van der Waals surface area contributed by atoms with E-state index in [9.17, 15) is 4.79 Å². The Morgan fingerprint density at radius 2 is 2.08 bits per heavy atom. The summed E-state index contributed by atoms with van der Waals surface area (Å²) in [7, 11) is 0. The Labute approximate surface area is 147 Å². The predicted molar refractivity (Wildman–Crippen MR) is 95.9 cm³/mol. The Kier molecular flexibility index (Phi) is 4.27. The minimum Gasteiger partial charge on any atom is -0.316 e. The Bertz CT molecular complexity index is 826. The first-order valence-corrected chi connectivity index (χ1v) is 9.12. The van der Waals surface area contributed by atoms with Gasteiger partial charge in [0.25, 0.3) is 0 Å². The molecule has 1 saturated carbocycles. The molecule has 0 bridgehead atoms. The minimum atomic E-state index is 0.204. The first kappa shape index (κ1) is 15.9. The number of benzene rings is 1. The smallest absolute Gasteiger partial charge is 0.229 e. The number of hydrogen-bond donors (Lipinski definition) is 0. The zero-order valence-corrected chi connectivity index (χ0v) is 14.3. The van der Waals surface area contributed by atoms with Crippen LogP contribution in [0.4, 0.5) is 5.95 Å². The van der Waals surface area contributed by atoms with Crippen LogP contribution >= 0.6 is 0 Å². The molecule has 25 heavy (non-hydrogen) atoms. The van der Waals surface area contributed by atoms with Crippen LogP contribution in [0.1, 0.15) is 44.1 Å². The lowest BCUT2D eigenvalue weighted by Crippen LogP contribution is -2.38. The van der Waals surface area contributed by atoms with Gasteiger partial charge < -0.3 is 4.57 Å². The molecular formula is C20H22N4O. The van der Waals surface area contributed by atoms with Crippen LogP contribution in [0.2, 0.25) is 0 Å². The maximum absolute atomic E-state index is 12.8. The molecule has 2 aliphatic rings. The number of carbonyl (C=O) groups is 1. The van der Waals surface area contributed by atoms with Crippen molar-refractivity contribution < 1.29 is 4.79 Å². The molecule has 5 heteroatoms. The first-order chi connectivity index (χ1) is 12.2. The van der Waals surface area contributed by atoms with E-state index in [1.165, 1.54) is 25.7 Å². The number of aryl methyl sites for hydroxylation is 1. The fraction of sp³-hybridized carbons (Fsp3) is 0.450. The van der Waals surface area contributed by atoms with Gasteiger partial charge in [-0.2, -0.15) is 5.26 Å². The van der Waals surface area contributed by atoms with Gasteiger partial charge in [-0.25, -0.2) is 4.98 Å². The molecular weight excluding hydrogens is 312 g/mol. The Morgan fingerprint density at radius 1 is 1.24 bits per heavy atom. The molecule has 0 saturated heterocycles. The van der Waals surface area contributed by atoms with Crippen molar-refractivity contribution in [2.75, 3.05) is 11.4 Å². The topological polar surface area (TPSA) is 61.9 Å². The number of carbonyl (C=O) groups excluding carboxylic acids is 1. The van der Waals surface area contributed by atoms with E-state index < -0.39 is 0 Å². The summed E-state index contributed by atoms with van der Waals surface area (Å²) in [5.74, 6) is 1.51. The minimum absolute atomic E-state index is 0.204. The molecule has 0 N–H and O–H groups in total. The van der Waals surface area contributed by atoms with Crippen molar-refractivity contribution in [2.24, 2.45) is 5.92 Å². The third-order valence-electron chi connectivity index (χ3n) is 5.30. The second-order valence-electron chi connectivity index (χ2n) is 7.07. The molecule has 1 aliphatic heterocycles. The van der Waals surface area contributed by atoms with Crippen LogP contribution in [0.15, 0.2) is 30.5 Å². The summed E-state index contributed by atoms with van der Waals surface area (Å²) >= 11 is 0. The number of aromatic nitrogens is 2. The summed E-state index contributed by atoms with van der Waals surface area (Å²) in [5, 5.41) is 9.09. The number of amides is 1. The molecule has 1 fully saturated rings. The van der Waals surface area contributed by atoms with Crippen molar-refractivity contribution in [3.8, 4) is 17.3 Å². The zero-order chi connectivity index (χ0) is 17.2. The van der Waals surface area contributed by atoms with Crippen LogP contribution < -0.4 is 4.90 Å². The SMILES string of the molecule is N#Cc1cccc(-c2cn3c(n2)N(C(=O)CC2CCCC2)CCC3)c1. The number of imidazole rings is 1. The van der Waals surface area contributed by atoms with Crippen LogP contribution in [0.25, 0.3) is 11.3 Å². The normalized spacial score (nSPS) is 17.3. The summed E-state index contributed by atoms with van der Waals surface area (Å²) in [4.78, 5) is 19.4. The lowest BCUT2D eigenvalue weighted by Gasteiger charge is -2.28. The van der Waals surface area contributed by atoms with Crippen molar-refractivity contribution in [3.63, 3.8) is 0 Å². The van der Waals surface area contributed by atoms with Crippen LogP contribution in [0.5, 0.6) is 0 Å². The second-order valence-corrected chi connectivity index (χ2v) is 7.07. The molecule has 128 valence electrons. The van der Waals surface area contributed by atoms with E-state index in [4.69, 9.17) is 10.2 Å². The van der Waals surface area contributed by atoms with Gasteiger partial charge in [0.1, 0.15) is 0 Å². The third-order valence-corrected chi connectivity index (χ3v) is 5.30. The van der Waals surface area contributed by atoms with Gasteiger partial charge in [-0.15, -0.1) is 0 Å². The van der Waals surface area contributed by atoms with Gasteiger partial charge in [0.15, 0.2) is 0 Å². The highest BCUT2D eigenvalue weighted by Gasteiger charge is 2.28. The number of anilines is 1. The molecule has 1 aliphatic carbocycles. The van der Waals surface area contributed by atoms with E-state index >= 15 is 0 Å². The number of fused-ring (bicyclic) bond motifs is 1. The predicted octanol–water partition coefficient (Wildman–Crippen LogP) is 3.74. The zero-order valence-electron chi connectivity index (χ0n) is 14.3. The maximum atomic E-state index is 12.8. The van der Waals surface area contributed by atoms with E-state index in [1.807, 2.05) is 29.3 Å². The standard InChI is InChI=1S/C20H22N4O/c21-13-16-7-3-8-17(11-16)18-14-23-9-4-10-24(20(23)22-18)19(25)12-15-5-1-2-6-15/h3,7-8,11,14-15H,1-2,4-6,9-10,12H2.